The zero-order valence-corrected chi connectivity index (χ0v) is 14.2. The van der Waals surface area contributed by atoms with Crippen molar-refractivity contribution in [3.8, 4) is 17.2 Å². The average molecular weight is 343 g/mol. The Hall–Kier alpha value is -2.73. The molecule has 1 heterocycles. The standard InChI is InChI=1S/C19H21NO5/c1-23-13-7-8-14(17(11-13)24-2)18(21)20-12-19(22)9-10-25-16-6-4-3-5-15(16)19/h3-8,11,22H,9-10,12H2,1-2H3,(H,20,21). The number of carbonyl (C=O) groups excluding carboxylic acids is 1. The maximum atomic E-state index is 12.5. The van der Waals surface area contributed by atoms with E-state index in [1.807, 2.05) is 24.3 Å². The van der Waals surface area contributed by atoms with E-state index in [0.717, 1.165) is 0 Å². The summed E-state index contributed by atoms with van der Waals surface area (Å²) in [5.41, 5.74) is -0.0972. The van der Waals surface area contributed by atoms with Gasteiger partial charge in [0.05, 0.1) is 32.9 Å². The number of carbonyl (C=O) groups is 1. The van der Waals surface area contributed by atoms with E-state index in [4.69, 9.17) is 14.2 Å². The van der Waals surface area contributed by atoms with Gasteiger partial charge in [0.15, 0.2) is 0 Å². The second-order valence-electron chi connectivity index (χ2n) is 5.88. The maximum absolute atomic E-state index is 12.5. The minimum Gasteiger partial charge on any atom is -0.497 e. The Morgan fingerprint density at radius 2 is 2.04 bits per heavy atom. The normalized spacial score (nSPS) is 18.7. The lowest BCUT2D eigenvalue weighted by atomic mass is 9.88. The second kappa shape index (κ2) is 7.03. The first-order chi connectivity index (χ1) is 12.1. The molecule has 0 spiro atoms. The number of benzene rings is 2. The molecular weight excluding hydrogens is 322 g/mol. The quantitative estimate of drug-likeness (QED) is 0.869. The van der Waals surface area contributed by atoms with E-state index in [1.165, 1.54) is 7.11 Å². The van der Waals surface area contributed by atoms with Gasteiger partial charge in [0.1, 0.15) is 22.8 Å². The monoisotopic (exact) mass is 343 g/mol. The number of methoxy groups -OCH3 is 2. The van der Waals surface area contributed by atoms with E-state index in [2.05, 4.69) is 5.32 Å². The van der Waals surface area contributed by atoms with Crippen LogP contribution in [0.3, 0.4) is 0 Å². The molecule has 1 unspecified atom stereocenters. The average Bonchev–Trinajstić information content (AvgIpc) is 2.66. The minimum atomic E-state index is -1.16. The summed E-state index contributed by atoms with van der Waals surface area (Å²) in [5.74, 6) is 1.34. The van der Waals surface area contributed by atoms with Crippen LogP contribution in [-0.4, -0.2) is 38.4 Å². The molecule has 3 rings (SSSR count). The Morgan fingerprint density at radius 1 is 1.24 bits per heavy atom. The highest BCUT2D eigenvalue weighted by atomic mass is 16.5. The van der Waals surface area contributed by atoms with Crippen LogP contribution in [0.25, 0.3) is 0 Å². The minimum absolute atomic E-state index is 0.0847. The number of hydrogen-bond donors (Lipinski definition) is 2. The fourth-order valence-electron chi connectivity index (χ4n) is 2.93. The van der Waals surface area contributed by atoms with Crippen LogP contribution < -0.4 is 19.5 Å². The Morgan fingerprint density at radius 3 is 2.80 bits per heavy atom. The van der Waals surface area contributed by atoms with Gasteiger partial charge in [-0.1, -0.05) is 18.2 Å². The van der Waals surface area contributed by atoms with Crippen molar-refractivity contribution in [3.63, 3.8) is 0 Å². The molecule has 0 saturated carbocycles. The Labute approximate surface area is 146 Å². The van der Waals surface area contributed by atoms with Gasteiger partial charge in [0.2, 0.25) is 0 Å². The predicted molar refractivity (Wildman–Crippen MR) is 92.3 cm³/mol. The predicted octanol–water partition coefficient (Wildman–Crippen LogP) is 2.10. The van der Waals surface area contributed by atoms with Crippen LogP contribution in [0.1, 0.15) is 22.3 Å². The summed E-state index contributed by atoms with van der Waals surface area (Å²) in [5, 5.41) is 13.8. The van der Waals surface area contributed by atoms with Crippen LogP contribution in [0.2, 0.25) is 0 Å². The summed E-state index contributed by atoms with van der Waals surface area (Å²) < 4.78 is 16.0. The highest BCUT2D eigenvalue weighted by Gasteiger charge is 2.36. The fourth-order valence-corrected chi connectivity index (χ4v) is 2.93. The number of rotatable bonds is 5. The summed E-state index contributed by atoms with van der Waals surface area (Å²) in [7, 11) is 3.04. The Balaban J connectivity index is 1.77. The number of amides is 1. The first-order valence-corrected chi connectivity index (χ1v) is 8.02. The zero-order valence-electron chi connectivity index (χ0n) is 14.2. The van der Waals surface area contributed by atoms with Gasteiger partial charge in [-0.2, -0.15) is 0 Å². The highest BCUT2D eigenvalue weighted by Crippen LogP contribution is 2.36. The molecule has 25 heavy (non-hydrogen) atoms. The summed E-state index contributed by atoms with van der Waals surface area (Å²) in [6.45, 7) is 0.483. The van der Waals surface area contributed by atoms with Gasteiger partial charge in [0.25, 0.3) is 5.91 Å². The fraction of sp³-hybridized carbons (Fsp3) is 0.316. The van der Waals surface area contributed by atoms with Crippen molar-refractivity contribution in [1.82, 2.24) is 5.32 Å². The Bertz CT molecular complexity index is 776. The van der Waals surface area contributed by atoms with Crippen molar-refractivity contribution in [2.45, 2.75) is 12.0 Å². The van der Waals surface area contributed by atoms with Crippen LogP contribution in [0.4, 0.5) is 0 Å². The summed E-state index contributed by atoms with van der Waals surface area (Å²) in [4.78, 5) is 12.5. The van der Waals surface area contributed by atoms with E-state index in [-0.39, 0.29) is 12.5 Å². The van der Waals surface area contributed by atoms with Gasteiger partial charge in [-0.15, -0.1) is 0 Å². The van der Waals surface area contributed by atoms with E-state index in [0.29, 0.717) is 41.4 Å². The molecule has 1 amide bonds. The van der Waals surface area contributed by atoms with Crippen LogP contribution in [0.5, 0.6) is 17.2 Å². The topological polar surface area (TPSA) is 77.0 Å². The maximum Gasteiger partial charge on any atom is 0.255 e. The number of hydrogen-bond acceptors (Lipinski definition) is 5. The molecule has 0 aliphatic carbocycles. The molecule has 2 aromatic rings. The lowest BCUT2D eigenvalue weighted by Gasteiger charge is -2.34. The molecule has 0 saturated heterocycles. The SMILES string of the molecule is COc1ccc(C(=O)NCC2(O)CCOc3ccccc32)c(OC)c1. The summed E-state index contributed by atoms with van der Waals surface area (Å²) in [6, 6.07) is 12.3. The molecule has 1 atom stereocenters. The van der Waals surface area contributed by atoms with E-state index in [9.17, 15) is 9.90 Å². The number of fused-ring (bicyclic) bond motifs is 1. The number of ether oxygens (including phenoxy) is 3. The first-order valence-electron chi connectivity index (χ1n) is 8.02. The zero-order chi connectivity index (χ0) is 17.9. The van der Waals surface area contributed by atoms with Crippen molar-refractivity contribution >= 4 is 5.91 Å². The first kappa shape index (κ1) is 17.1. The van der Waals surface area contributed by atoms with Crippen LogP contribution in [-0.2, 0) is 5.60 Å². The van der Waals surface area contributed by atoms with Crippen LogP contribution in [0.15, 0.2) is 42.5 Å². The van der Waals surface area contributed by atoms with Crippen molar-refractivity contribution in [2.75, 3.05) is 27.4 Å². The van der Waals surface area contributed by atoms with Crippen molar-refractivity contribution < 1.29 is 24.1 Å². The van der Waals surface area contributed by atoms with Crippen LogP contribution in [0, 0.1) is 0 Å². The van der Waals surface area contributed by atoms with Gasteiger partial charge < -0.3 is 24.6 Å². The van der Waals surface area contributed by atoms with Gasteiger partial charge in [-0.05, 0) is 18.2 Å². The number of para-hydroxylation sites is 1. The summed E-state index contributed by atoms with van der Waals surface area (Å²) >= 11 is 0. The highest BCUT2D eigenvalue weighted by molar-refractivity contribution is 5.97. The Kier molecular flexibility index (Phi) is 4.81. The third kappa shape index (κ3) is 3.39. The molecule has 0 bridgehead atoms. The lowest BCUT2D eigenvalue weighted by Crippen LogP contribution is -2.44. The number of aliphatic hydroxyl groups is 1. The third-order valence-corrected chi connectivity index (χ3v) is 4.36. The summed E-state index contributed by atoms with van der Waals surface area (Å²) in [6.07, 6.45) is 0.407. The van der Waals surface area contributed by atoms with Crippen molar-refractivity contribution in [2.24, 2.45) is 0 Å². The molecular formula is C19H21NO5. The molecule has 0 fully saturated rings. The van der Waals surface area contributed by atoms with Crippen molar-refractivity contribution in [3.05, 3.63) is 53.6 Å². The third-order valence-electron chi connectivity index (χ3n) is 4.36. The molecule has 132 valence electrons. The van der Waals surface area contributed by atoms with Gasteiger partial charge in [-0.3, -0.25) is 4.79 Å². The molecule has 0 radical (unpaired) electrons. The van der Waals surface area contributed by atoms with Crippen LogP contribution >= 0.6 is 0 Å². The molecule has 1 aliphatic heterocycles. The molecule has 0 aromatic heterocycles. The van der Waals surface area contributed by atoms with Gasteiger partial charge >= 0.3 is 0 Å². The van der Waals surface area contributed by atoms with Gasteiger partial charge in [0, 0.05) is 18.1 Å². The smallest absolute Gasteiger partial charge is 0.255 e. The van der Waals surface area contributed by atoms with Crippen molar-refractivity contribution in [1.29, 1.82) is 0 Å². The molecule has 6 nitrogen and oxygen atoms in total. The second-order valence-corrected chi connectivity index (χ2v) is 5.88. The molecule has 2 aromatic carbocycles. The molecule has 1 aliphatic rings. The van der Waals surface area contributed by atoms with E-state index >= 15 is 0 Å². The lowest BCUT2D eigenvalue weighted by molar-refractivity contribution is -0.00163. The molecule has 2 N–H and O–H groups in total. The largest absolute Gasteiger partial charge is 0.497 e. The number of nitrogens with one attached hydrogen (secondary N) is 1. The van der Waals surface area contributed by atoms with E-state index < -0.39 is 5.60 Å². The molecule has 6 heteroatoms. The van der Waals surface area contributed by atoms with E-state index in [1.54, 1.807) is 25.3 Å². The van der Waals surface area contributed by atoms with Gasteiger partial charge in [-0.25, -0.2) is 0 Å².